The second-order valence-corrected chi connectivity index (χ2v) is 4.10. The molecule has 2 rings (SSSR count). The van der Waals surface area contributed by atoms with Gasteiger partial charge in [0.2, 0.25) is 0 Å². The van der Waals surface area contributed by atoms with Crippen LogP contribution in [-0.2, 0) is 0 Å². The number of rotatable bonds is 4. The fourth-order valence-corrected chi connectivity index (χ4v) is 1.59. The maximum absolute atomic E-state index is 12.1. The number of aliphatic hydroxyl groups is 1. The van der Waals surface area contributed by atoms with E-state index < -0.39 is 0 Å². The van der Waals surface area contributed by atoms with Crippen LogP contribution < -0.4 is 4.74 Å². The van der Waals surface area contributed by atoms with Crippen molar-refractivity contribution < 1.29 is 14.6 Å². The Kier molecular flexibility index (Phi) is 3.98. The molecular formula is C16H14O3. The predicted molar refractivity (Wildman–Crippen MR) is 73.3 cm³/mol. The summed E-state index contributed by atoms with van der Waals surface area (Å²) in [6, 6.07) is 15.9. The van der Waals surface area contributed by atoms with Crippen molar-refractivity contribution in [3.63, 3.8) is 0 Å². The van der Waals surface area contributed by atoms with Crippen molar-refractivity contribution in [2.45, 2.75) is 6.92 Å². The third kappa shape index (κ3) is 3.45. The van der Waals surface area contributed by atoms with Crippen molar-refractivity contribution in [1.29, 1.82) is 0 Å². The van der Waals surface area contributed by atoms with E-state index in [9.17, 15) is 4.79 Å². The van der Waals surface area contributed by atoms with Crippen molar-refractivity contribution in [2.24, 2.45) is 0 Å². The molecule has 0 aromatic heterocycles. The molecule has 0 saturated heterocycles. The monoisotopic (exact) mass is 254 g/mol. The van der Waals surface area contributed by atoms with Gasteiger partial charge >= 0.3 is 0 Å². The van der Waals surface area contributed by atoms with Crippen LogP contribution in [0.2, 0.25) is 0 Å². The standard InChI is InChI=1S/C16H14O3/c1-12(17)11-19-15-9-7-14(8-10-15)16(18)13-5-3-2-4-6-13/h2-11,17H,1H3. The summed E-state index contributed by atoms with van der Waals surface area (Å²) >= 11 is 0. The fourth-order valence-electron chi connectivity index (χ4n) is 1.59. The van der Waals surface area contributed by atoms with Gasteiger partial charge in [0, 0.05) is 11.1 Å². The summed E-state index contributed by atoms with van der Waals surface area (Å²) in [6.07, 6.45) is 1.24. The van der Waals surface area contributed by atoms with Gasteiger partial charge in [-0.1, -0.05) is 30.3 Å². The van der Waals surface area contributed by atoms with E-state index in [4.69, 9.17) is 9.84 Å². The van der Waals surface area contributed by atoms with Crippen LogP contribution in [0.5, 0.6) is 5.75 Å². The van der Waals surface area contributed by atoms with Gasteiger partial charge < -0.3 is 9.84 Å². The minimum atomic E-state index is -0.0268. The van der Waals surface area contributed by atoms with Gasteiger partial charge in [0.25, 0.3) is 0 Å². The first-order valence-electron chi connectivity index (χ1n) is 5.89. The molecular weight excluding hydrogens is 240 g/mol. The largest absolute Gasteiger partial charge is 0.509 e. The quantitative estimate of drug-likeness (QED) is 0.668. The smallest absolute Gasteiger partial charge is 0.193 e. The highest BCUT2D eigenvalue weighted by atomic mass is 16.5. The third-order valence-corrected chi connectivity index (χ3v) is 2.52. The van der Waals surface area contributed by atoms with Gasteiger partial charge in [0.15, 0.2) is 5.78 Å². The molecule has 0 amide bonds. The van der Waals surface area contributed by atoms with Crippen LogP contribution in [0.3, 0.4) is 0 Å². The zero-order valence-corrected chi connectivity index (χ0v) is 10.5. The number of benzene rings is 2. The number of aliphatic hydroxyl groups excluding tert-OH is 1. The van der Waals surface area contributed by atoms with Gasteiger partial charge in [-0.25, -0.2) is 0 Å². The fraction of sp³-hybridized carbons (Fsp3) is 0.0625. The molecule has 1 N–H and O–H groups in total. The zero-order valence-electron chi connectivity index (χ0n) is 10.5. The molecule has 0 aliphatic carbocycles. The first kappa shape index (κ1) is 12.9. The molecule has 0 heterocycles. The van der Waals surface area contributed by atoms with Crippen molar-refractivity contribution >= 4 is 5.78 Å². The van der Waals surface area contributed by atoms with Crippen LogP contribution in [0.25, 0.3) is 0 Å². The zero-order chi connectivity index (χ0) is 13.7. The Labute approximate surface area is 111 Å². The van der Waals surface area contributed by atoms with Crippen LogP contribution in [0.15, 0.2) is 66.6 Å². The molecule has 3 heteroatoms. The third-order valence-electron chi connectivity index (χ3n) is 2.52. The minimum Gasteiger partial charge on any atom is -0.509 e. The predicted octanol–water partition coefficient (Wildman–Crippen LogP) is 3.72. The van der Waals surface area contributed by atoms with Crippen LogP contribution in [0.4, 0.5) is 0 Å². The Morgan fingerprint density at radius 1 is 1.00 bits per heavy atom. The first-order chi connectivity index (χ1) is 9.16. The van der Waals surface area contributed by atoms with Crippen LogP contribution in [-0.4, -0.2) is 10.9 Å². The van der Waals surface area contributed by atoms with E-state index >= 15 is 0 Å². The highest BCUT2D eigenvalue weighted by Crippen LogP contribution is 2.15. The summed E-state index contributed by atoms with van der Waals surface area (Å²) in [5.41, 5.74) is 1.26. The average molecular weight is 254 g/mol. The molecule has 2 aromatic rings. The molecule has 0 atom stereocenters. The lowest BCUT2D eigenvalue weighted by atomic mass is 10.0. The topological polar surface area (TPSA) is 46.5 Å². The van der Waals surface area contributed by atoms with E-state index in [1.807, 2.05) is 18.2 Å². The van der Waals surface area contributed by atoms with E-state index in [-0.39, 0.29) is 11.5 Å². The van der Waals surface area contributed by atoms with Crippen LogP contribution >= 0.6 is 0 Å². The molecule has 0 radical (unpaired) electrons. The normalized spacial score (nSPS) is 11.1. The Hall–Kier alpha value is -2.55. The Bertz CT molecular complexity index is 579. The molecule has 3 nitrogen and oxygen atoms in total. The second-order valence-electron chi connectivity index (χ2n) is 4.10. The lowest BCUT2D eigenvalue weighted by molar-refractivity contribution is 0.103. The van der Waals surface area contributed by atoms with E-state index in [0.717, 1.165) is 0 Å². The summed E-state index contributed by atoms with van der Waals surface area (Å²) < 4.78 is 5.18. The molecule has 0 saturated carbocycles. The van der Waals surface area contributed by atoms with E-state index in [2.05, 4.69) is 0 Å². The van der Waals surface area contributed by atoms with Crippen molar-refractivity contribution in [2.75, 3.05) is 0 Å². The van der Waals surface area contributed by atoms with Gasteiger partial charge in [-0.05, 0) is 31.2 Å². The SMILES string of the molecule is CC(O)=COc1ccc(C(=O)c2ccccc2)cc1. The maximum Gasteiger partial charge on any atom is 0.193 e. The molecule has 2 aromatic carbocycles. The average Bonchev–Trinajstić information content (AvgIpc) is 2.46. The lowest BCUT2D eigenvalue weighted by Crippen LogP contribution is -2.00. The maximum atomic E-state index is 12.1. The number of carbonyl (C=O) groups is 1. The number of allylic oxidation sites excluding steroid dienone is 1. The van der Waals surface area contributed by atoms with Gasteiger partial charge in [-0.3, -0.25) is 4.79 Å². The molecule has 0 spiro atoms. The van der Waals surface area contributed by atoms with Gasteiger partial charge in [0.1, 0.15) is 17.8 Å². The van der Waals surface area contributed by atoms with E-state index in [1.54, 1.807) is 36.4 Å². The van der Waals surface area contributed by atoms with E-state index in [0.29, 0.717) is 16.9 Å². The summed E-state index contributed by atoms with van der Waals surface area (Å²) in [4.78, 5) is 12.1. The minimum absolute atomic E-state index is 0.0268. The van der Waals surface area contributed by atoms with Gasteiger partial charge in [-0.2, -0.15) is 0 Å². The molecule has 0 unspecified atom stereocenters. The summed E-state index contributed by atoms with van der Waals surface area (Å²) in [5, 5.41) is 8.99. The lowest BCUT2D eigenvalue weighted by Gasteiger charge is -2.03. The second kappa shape index (κ2) is 5.87. The molecule has 0 fully saturated rings. The number of ketones is 1. The van der Waals surface area contributed by atoms with Crippen molar-refractivity contribution in [3.8, 4) is 5.75 Å². The van der Waals surface area contributed by atoms with Crippen LogP contribution in [0, 0.1) is 0 Å². The summed E-state index contributed by atoms with van der Waals surface area (Å²) in [6.45, 7) is 1.52. The summed E-state index contributed by atoms with van der Waals surface area (Å²) in [7, 11) is 0. The van der Waals surface area contributed by atoms with E-state index in [1.165, 1.54) is 13.2 Å². The number of carbonyl (C=O) groups excluding carboxylic acids is 1. The van der Waals surface area contributed by atoms with Crippen molar-refractivity contribution in [1.82, 2.24) is 0 Å². The summed E-state index contributed by atoms with van der Waals surface area (Å²) in [5.74, 6) is 0.628. The Morgan fingerprint density at radius 3 is 2.16 bits per heavy atom. The molecule has 96 valence electrons. The Morgan fingerprint density at radius 2 is 1.58 bits per heavy atom. The Balaban J connectivity index is 2.15. The number of hydrogen-bond donors (Lipinski definition) is 1. The first-order valence-corrected chi connectivity index (χ1v) is 5.89. The van der Waals surface area contributed by atoms with Crippen molar-refractivity contribution in [3.05, 3.63) is 77.7 Å². The molecule has 0 aliphatic rings. The molecule has 19 heavy (non-hydrogen) atoms. The highest BCUT2D eigenvalue weighted by Gasteiger charge is 2.07. The highest BCUT2D eigenvalue weighted by molar-refractivity contribution is 6.08. The van der Waals surface area contributed by atoms with Gasteiger partial charge in [0.05, 0.1) is 0 Å². The van der Waals surface area contributed by atoms with Gasteiger partial charge in [-0.15, -0.1) is 0 Å². The number of hydrogen-bond acceptors (Lipinski definition) is 3. The molecule has 0 bridgehead atoms. The number of ether oxygens (including phenoxy) is 1. The van der Waals surface area contributed by atoms with Crippen LogP contribution in [0.1, 0.15) is 22.8 Å². The molecule has 0 aliphatic heterocycles.